The van der Waals surface area contributed by atoms with Crippen molar-refractivity contribution in [3.05, 3.63) is 35.9 Å². The van der Waals surface area contributed by atoms with Gasteiger partial charge in [-0.1, -0.05) is 30.3 Å². The lowest BCUT2D eigenvalue weighted by atomic mass is 10.00. The van der Waals surface area contributed by atoms with Gasteiger partial charge < -0.3 is 20.0 Å². The molecule has 4 rings (SSSR count). The number of hydrogen-bond acceptors (Lipinski definition) is 4. The number of halogens is 1. The summed E-state index contributed by atoms with van der Waals surface area (Å²) in [6.45, 7) is 5.69. The number of carbonyl (C=O) groups excluding carboxylic acids is 3. The van der Waals surface area contributed by atoms with Crippen LogP contribution in [0.3, 0.4) is 0 Å². The maximum absolute atomic E-state index is 13.2. The molecule has 0 saturated carbocycles. The Morgan fingerprint density at radius 2 is 1.87 bits per heavy atom. The normalized spacial score (nSPS) is 25.8. The van der Waals surface area contributed by atoms with Gasteiger partial charge in [0.15, 0.2) is 0 Å². The molecule has 3 fully saturated rings. The number of amides is 3. The second-order valence-corrected chi connectivity index (χ2v) is 8.38. The molecular weight excluding hydrogens is 404 g/mol. The van der Waals surface area contributed by atoms with Crippen molar-refractivity contribution in [1.29, 1.82) is 0 Å². The summed E-state index contributed by atoms with van der Waals surface area (Å²) >= 11 is 0. The highest BCUT2D eigenvalue weighted by Crippen LogP contribution is 2.30. The van der Waals surface area contributed by atoms with Gasteiger partial charge in [0.2, 0.25) is 17.7 Å². The highest BCUT2D eigenvalue weighted by Gasteiger charge is 2.40. The Hall–Kier alpha value is -2.12. The third kappa shape index (κ3) is 4.62. The van der Waals surface area contributed by atoms with E-state index in [1.165, 1.54) is 0 Å². The molecule has 0 aliphatic carbocycles. The number of piperidine rings is 1. The molecule has 1 N–H and O–H groups in total. The zero-order chi connectivity index (χ0) is 20.4. The molecule has 7 nitrogen and oxygen atoms in total. The Kier molecular flexibility index (Phi) is 7.36. The number of benzene rings is 1. The van der Waals surface area contributed by atoms with Crippen LogP contribution in [0.25, 0.3) is 0 Å². The summed E-state index contributed by atoms with van der Waals surface area (Å²) in [5.74, 6) is -0.0560. The second-order valence-electron chi connectivity index (χ2n) is 8.38. The standard InChI is InChI=1S/C22H30N4O3.ClH/c1-16(17-6-3-2-4-7-17)26-14-18(12-20(26)27)22(29)24-10-5-8-19(15-24)25-11-9-23-13-21(25)28;/h2-4,6-7,16,18-19,23H,5,8-15H2,1H3;1H. The molecule has 0 bridgehead atoms. The predicted molar refractivity (Wildman–Crippen MR) is 116 cm³/mol. The third-order valence-corrected chi connectivity index (χ3v) is 6.53. The maximum Gasteiger partial charge on any atom is 0.236 e. The van der Waals surface area contributed by atoms with Crippen molar-refractivity contribution in [2.75, 3.05) is 39.3 Å². The molecule has 3 saturated heterocycles. The lowest BCUT2D eigenvalue weighted by Crippen LogP contribution is -2.58. The summed E-state index contributed by atoms with van der Waals surface area (Å²) in [7, 11) is 0. The number of nitrogens with one attached hydrogen (secondary N) is 1. The lowest BCUT2D eigenvalue weighted by molar-refractivity contribution is -0.142. The Morgan fingerprint density at radius 1 is 1.10 bits per heavy atom. The van der Waals surface area contributed by atoms with Crippen molar-refractivity contribution in [3.8, 4) is 0 Å². The first-order chi connectivity index (χ1) is 14.0. The fourth-order valence-electron chi connectivity index (χ4n) is 4.86. The number of carbonyl (C=O) groups is 3. The average Bonchev–Trinajstić information content (AvgIpc) is 3.15. The van der Waals surface area contributed by atoms with Gasteiger partial charge in [-0.2, -0.15) is 0 Å². The molecule has 0 spiro atoms. The summed E-state index contributed by atoms with van der Waals surface area (Å²) in [6, 6.07) is 10.0. The number of hydrogen-bond donors (Lipinski definition) is 1. The van der Waals surface area contributed by atoms with Crippen LogP contribution < -0.4 is 5.32 Å². The summed E-state index contributed by atoms with van der Waals surface area (Å²) in [5, 5.41) is 3.10. The van der Waals surface area contributed by atoms with E-state index in [0.29, 0.717) is 32.7 Å². The molecule has 0 aromatic heterocycles. The zero-order valence-corrected chi connectivity index (χ0v) is 18.3. The van der Waals surface area contributed by atoms with E-state index in [1.54, 1.807) is 0 Å². The Balaban J connectivity index is 0.00000256. The minimum Gasteiger partial charge on any atom is -0.340 e. The molecule has 30 heavy (non-hydrogen) atoms. The van der Waals surface area contributed by atoms with Crippen LogP contribution in [0, 0.1) is 5.92 Å². The molecule has 3 unspecified atom stereocenters. The smallest absolute Gasteiger partial charge is 0.236 e. The monoisotopic (exact) mass is 434 g/mol. The highest BCUT2D eigenvalue weighted by atomic mass is 35.5. The minimum atomic E-state index is -0.286. The van der Waals surface area contributed by atoms with Gasteiger partial charge in [-0.15, -0.1) is 12.4 Å². The van der Waals surface area contributed by atoms with Gasteiger partial charge in [0.1, 0.15) is 0 Å². The molecule has 1 aromatic rings. The number of likely N-dealkylation sites (tertiary alicyclic amines) is 2. The van der Waals surface area contributed by atoms with Gasteiger partial charge in [-0.25, -0.2) is 0 Å². The van der Waals surface area contributed by atoms with E-state index in [4.69, 9.17) is 0 Å². The fourth-order valence-corrected chi connectivity index (χ4v) is 4.86. The third-order valence-electron chi connectivity index (χ3n) is 6.53. The maximum atomic E-state index is 13.2. The predicted octanol–water partition coefficient (Wildman–Crippen LogP) is 1.44. The molecule has 3 aliphatic rings. The molecule has 3 heterocycles. The van der Waals surface area contributed by atoms with Crippen molar-refractivity contribution >= 4 is 30.1 Å². The first-order valence-corrected chi connectivity index (χ1v) is 10.7. The van der Waals surface area contributed by atoms with Gasteiger partial charge in [0, 0.05) is 45.2 Å². The summed E-state index contributed by atoms with van der Waals surface area (Å²) in [5.41, 5.74) is 1.09. The number of rotatable bonds is 4. The van der Waals surface area contributed by atoms with E-state index in [2.05, 4.69) is 5.32 Å². The summed E-state index contributed by atoms with van der Waals surface area (Å²) < 4.78 is 0. The Morgan fingerprint density at radius 3 is 2.60 bits per heavy atom. The van der Waals surface area contributed by atoms with Crippen LogP contribution in [0.4, 0.5) is 0 Å². The summed E-state index contributed by atoms with van der Waals surface area (Å²) in [4.78, 5) is 43.7. The Labute approximate surface area is 184 Å². The zero-order valence-electron chi connectivity index (χ0n) is 17.5. The number of nitrogens with zero attached hydrogens (tertiary/aromatic N) is 3. The van der Waals surface area contributed by atoms with Gasteiger partial charge in [0.25, 0.3) is 0 Å². The van der Waals surface area contributed by atoms with E-state index in [-0.39, 0.29) is 54.6 Å². The van der Waals surface area contributed by atoms with Crippen molar-refractivity contribution in [2.45, 2.75) is 38.3 Å². The van der Waals surface area contributed by atoms with Crippen LogP contribution in [-0.4, -0.2) is 77.7 Å². The topological polar surface area (TPSA) is 73.0 Å². The van der Waals surface area contributed by atoms with E-state index >= 15 is 0 Å². The molecular formula is C22H31ClN4O3. The molecule has 3 atom stereocenters. The van der Waals surface area contributed by atoms with Crippen LogP contribution in [0.2, 0.25) is 0 Å². The lowest BCUT2D eigenvalue weighted by Gasteiger charge is -2.41. The number of piperazine rings is 1. The van der Waals surface area contributed by atoms with E-state index in [0.717, 1.165) is 24.9 Å². The van der Waals surface area contributed by atoms with E-state index < -0.39 is 0 Å². The van der Waals surface area contributed by atoms with Gasteiger partial charge >= 0.3 is 0 Å². The molecule has 0 radical (unpaired) electrons. The SMILES string of the molecule is CC(c1ccccc1)N1CC(C(=O)N2CCCC(N3CCNCC3=O)C2)CC1=O.Cl. The largest absolute Gasteiger partial charge is 0.340 e. The molecule has 3 amide bonds. The van der Waals surface area contributed by atoms with E-state index in [1.807, 2.05) is 52.0 Å². The Bertz CT molecular complexity index is 775. The highest BCUT2D eigenvalue weighted by molar-refractivity contribution is 5.89. The first kappa shape index (κ1) is 22.6. The summed E-state index contributed by atoms with van der Waals surface area (Å²) in [6.07, 6.45) is 2.12. The van der Waals surface area contributed by atoms with Crippen LogP contribution in [-0.2, 0) is 14.4 Å². The molecule has 164 valence electrons. The molecule has 8 heteroatoms. The van der Waals surface area contributed by atoms with Gasteiger partial charge in [0.05, 0.1) is 18.5 Å². The van der Waals surface area contributed by atoms with Gasteiger partial charge in [-0.3, -0.25) is 14.4 Å². The van der Waals surface area contributed by atoms with Crippen molar-refractivity contribution < 1.29 is 14.4 Å². The first-order valence-electron chi connectivity index (χ1n) is 10.7. The van der Waals surface area contributed by atoms with Crippen molar-refractivity contribution in [1.82, 2.24) is 20.0 Å². The molecule has 1 aromatic carbocycles. The van der Waals surface area contributed by atoms with Crippen molar-refractivity contribution in [2.24, 2.45) is 5.92 Å². The minimum absolute atomic E-state index is 0. The average molecular weight is 435 g/mol. The quantitative estimate of drug-likeness (QED) is 0.778. The fraction of sp³-hybridized carbons (Fsp3) is 0.591. The second kappa shape index (κ2) is 9.79. The van der Waals surface area contributed by atoms with Crippen molar-refractivity contribution in [3.63, 3.8) is 0 Å². The molecule has 3 aliphatic heterocycles. The van der Waals surface area contributed by atoms with E-state index in [9.17, 15) is 14.4 Å². The van der Waals surface area contributed by atoms with Crippen LogP contribution >= 0.6 is 12.4 Å². The van der Waals surface area contributed by atoms with Crippen LogP contribution in [0.15, 0.2) is 30.3 Å². The van der Waals surface area contributed by atoms with Crippen LogP contribution in [0.5, 0.6) is 0 Å². The van der Waals surface area contributed by atoms with Crippen LogP contribution in [0.1, 0.15) is 37.8 Å². The van der Waals surface area contributed by atoms with Gasteiger partial charge in [-0.05, 0) is 25.3 Å².